The molecule has 1 aliphatic rings. The molecule has 1 fully saturated rings. The highest BCUT2D eigenvalue weighted by Gasteiger charge is 2.42. The van der Waals surface area contributed by atoms with Crippen molar-refractivity contribution in [2.24, 2.45) is 0 Å². The van der Waals surface area contributed by atoms with E-state index in [1.165, 1.54) is 0 Å². The SMILES string of the molecule is COc1ccc(N2C(=S)N[C@H](c3ccccn3)[C@@H]2c2cccn2-c2cccc(Cl)c2)cc1Cl. The lowest BCUT2D eigenvalue weighted by molar-refractivity contribution is 0.415. The molecule has 0 saturated carbocycles. The maximum Gasteiger partial charge on any atom is 0.174 e. The van der Waals surface area contributed by atoms with Gasteiger partial charge >= 0.3 is 0 Å². The van der Waals surface area contributed by atoms with Crippen LogP contribution in [0.3, 0.4) is 0 Å². The summed E-state index contributed by atoms with van der Waals surface area (Å²) in [7, 11) is 1.60. The molecule has 5 rings (SSSR count). The minimum atomic E-state index is -0.189. The first-order valence-electron chi connectivity index (χ1n) is 10.3. The number of ether oxygens (including phenoxy) is 1. The van der Waals surface area contributed by atoms with E-state index < -0.39 is 0 Å². The molecule has 0 radical (unpaired) electrons. The van der Waals surface area contributed by atoms with E-state index in [0.29, 0.717) is 20.9 Å². The number of pyridine rings is 1. The molecule has 0 unspecified atom stereocenters. The largest absolute Gasteiger partial charge is 0.495 e. The predicted molar refractivity (Wildman–Crippen MR) is 137 cm³/mol. The van der Waals surface area contributed by atoms with Crippen molar-refractivity contribution < 1.29 is 4.74 Å². The summed E-state index contributed by atoms with van der Waals surface area (Å²) in [6.07, 6.45) is 3.82. The van der Waals surface area contributed by atoms with E-state index in [1.807, 2.05) is 72.9 Å². The fourth-order valence-electron chi connectivity index (χ4n) is 4.23. The van der Waals surface area contributed by atoms with E-state index >= 15 is 0 Å². The molecule has 2 atom stereocenters. The second-order valence-corrected chi connectivity index (χ2v) is 8.83. The Labute approximate surface area is 207 Å². The topological polar surface area (TPSA) is 42.3 Å². The summed E-state index contributed by atoms with van der Waals surface area (Å²) >= 11 is 18.6. The van der Waals surface area contributed by atoms with Gasteiger partial charge in [0.1, 0.15) is 11.8 Å². The van der Waals surface area contributed by atoms with E-state index in [-0.39, 0.29) is 12.1 Å². The number of thiocarbonyl (C=S) groups is 1. The fraction of sp³-hybridized carbons (Fsp3) is 0.120. The number of hydrogen-bond acceptors (Lipinski definition) is 3. The first kappa shape index (κ1) is 21.8. The van der Waals surface area contributed by atoms with Crippen LogP contribution >= 0.6 is 35.4 Å². The zero-order valence-electron chi connectivity index (χ0n) is 17.7. The highest BCUT2D eigenvalue weighted by atomic mass is 35.5. The van der Waals surface area contributed by atoms with Crippen LogP contribution in [-0.4, -0.2) is 21.8 Å². The van der Waals surface area contributed by atoms with Crippen molar-refractivity contribution in [2.75, 3.05) is 12.0 Å². The van der Waals surface area contributed by atoms with Crippen LogP contribution < -0.4 is 15.0 Å². The number of nitrogens with zero attached hydrogens (tertiary/aromatic N) is 3. The summed E-state index contributed by atoms with van der Waals surface area (Å²) in [6.45, 7) is 0. The molecule has 0 aliphatic carbocycles. The molecule has 1 saturated heterocycles. The normalized spacial score (nSPS) is 17.8. The van der Waals surface area contributed by atoms with Gasteiger partial charge in [-0.15, -0.1) is 0 Å². The molecular formula is C25H20Cl2N4OS. The lowest BCUT2D eigenvalue weighted by Gasteiger charge is -2.29. The van der Waals surface area contributed by atoms with E-state index in [2.05, 4.69) is 25.8 Å². The van der Waals surface area contributed by atoms with E-state index in [4.69, 9.17) is 40.2 Å². The summed E-state index contributed by atoms with van der Waals surface area (Å²) in [5.41, 5.74) is 3.76. The molecule has 3 heterocycles. The van der Waals surface area contributed by atoms with Gasteiger partial charge in [0, 0.05) is 34.5 Å². The molecule has 0 bridgehead atoms. The van der Waals surface area contributed by atoms with Gasteiger partial charge in [0.15, 0.2) is 5.11 Å². The number of nitrogens with one attached hydrogen (secondary N) is 1. The third kappa shape index (κ3) is 4.06. The van der Waals surface area contributed by atoms with Gasteiger partial charge in [-0.25, -0.2) is 0 Å². The molecular weight excluding hydrogens is 475 g/mol. The number of rotatable bonds is 5. The predicted octanol–water partition coefficient (Wildman–Crippen LogP) is 6.36. The van der Waals surface area contributed by atoms with Gasteiger partial charge in [-0.05, 0) is 72.9 Å². The quantitative estimate of drug-likeness (QED) is 0.326. The van der Waals surface area contributed by atoms with Crippen LogP contribution in [0.5, 0.6) is 5.75 Å². The second-order valence-electron chi connectivity index (χ2n) is 7.60. The number of methoxy groups -OCH3 is 1. The first-order valence-corrected chi connectivity index (χ1v) is 11.5. The monoisotopic (exact) mass is 494 g/mol. The maximum absolute atomic E-state index is 6.48. The summed E-state index contributed by atoms with van der Waals surface area (Å²) < 4.78 is 7.47. The molecule has 166 valence electrons. The molecule has 2 aromatic heterocycles. The van der Waals surface area contributed by atoms with Crippen LogP contribution in [0.2, 0.25) is 10.0 Å². The molecule has 1 aliphatic heterocycles. The number of hydrogen-bond donors (Lipinski definition) is 1. The zero-order valence-corrected chi connectivity index (χ0v) is 20.0. The number of halogens is 2. The van der Waals surface area contributed by atoms with Crippen molar-refractivity contribution in [3.8, 4) is 11.4 Å². The number of anilines is 1. The van der Waals surface area contributed by atoms with Crippen LogP contribution in [0, 0.1) is 0 Å². The van der Waals surface area contributed by atoms with E-state index in [0.717, 1.165) is 22.8 Å². The van der Waals surface area contributed by atoms with Gasteiger partial charge in [-0.3, -0.25) is 4.98 Å². The third-order valence-electron chi connectivity index (χ3n) is 5.68. The average Bonchev–Trinajstić information content (AvgIpc) is 3.44. The Morgan fingerprint density at radius 2 is 1.85 bits per heavy atom. The Balaban J connectivity index is 1.67. The standard InChI is InChI=1S/C25H20Cl2N4OS/c1-32-22-11-10-18(15-19(22)27)31-24(23(29-25(31)33)20-8-2-3-12-28-20)21-9-5-13-30(21)17-7-4-6-16(26)14-17/h2-15,23-24H,1H3,(H,29,33)/t23-,24+/m1/s1. The fourth-order valence-corrected chi connectivity index (χ4v) is 5.02. The molecule has 1 N–H and O–H groups in total. The molecule has 5 nitrogen and oxygen atoms in total. The molecule has 0 amide bonds. The summed E-state index contributed by atoms with van der Waals surface area (Å²) in [5, 5.41) is 5.26. The minimum Gasteiger partial charge on any atom is -0.495 e. The Morgan fingerprint density at radius 3 is 2.58 bits per heavy atom. The van der Waals surface area contributed by atoms with Gasteiger partial charge in [0.25, 0.3) is 0 Å². The smallest absolute Gasteiger partial charge is 0.174 e. The Kier molecular flexibility index (Phi) is 5.98. The third-order valence-corrected chi connectivity index (χ3v) is 6.53. The highest BCUT2D eigenvalue weighted by molar-refractivity contribution is 7.80. The number of benzene rings is 2. The average molecular weight is 495 g/mol. The van der Waals surface area contributed by atoms with E-state index in [9.17, 15) is 0 Å². The van der Waals surface area contributed by atoms with E-state index in [1.54, 1.807) is 13.3 Å². The Hall–Kier alpha value is -3.06. The Morgan fingerprint density at radius 1 is 0.970 bits per heavy atom. The summed E-state index contributed by atoms with van der Waals surface area (Å²) in [6, 6.07) is 23.1. The van der Waals surface area contributed by atoms with Crippen molar-refractivity contribution in [3.63, 3.8) is 0 Å². The maximum atomic E-state index is 6.48. The van der Waals surface area contributed by atoms with Gasteiger partial charge in [-0.2, -0.15) is 0 Å². The molecule has 4 aromatic rings. The molecule has 33 heavy (non-hydrogen) atoms. The molecule has 2 aromatic carbocycles. The van der Waals surface area contributed by atoms with Gasteiger partial charge < -0.3 is 19.5 Å². The first-order chi connectivity index (χ1) is 16.1. The van der Waals surface area contributed by atoms with Crippen LogP contribution in [0.1, 0.15) is 23.5 Å². The molecule has 8 heteroatoms. The lowest BCUT2D eigenvalue weighted by atomic mass is 10.0. The van der Waals surface area contributed by atoms with Crippen molar-refractivity contribution in [1.82, 2.24) is 14.9 Å². The van der Waals surface area contributed by atoms with Crippen LogP contribution in [0.15, 0.2) is 85.2 Å². The lowest BCUT2D eigenvalue weighted by Crippen LogP contribution is -2.30. The van der Waals surface area contributed by atoms with Gasteiger partial charge in [0.2, 0.25) is 0 Å². The van der Waals surface area contributed by atoms with Crippen molar-refractivity contribution in [3.05, 3.63) is 107 Å². The second kappa shape index (κ2) is 9.06. The summed E-state index contributed by atoms with van der Waals surface area (Å²) in [5.74, 6) is 0.610. The van der Waals surface area contributed by atoms with Crippen LogP contribution in [0.4, 0.5) is 5.69 Å². The zero-order chi connectivity index (χ0) is 22.9. The highest BCUT2D eigenvalue weighted by Crippen LogP contribution is 2.43. The minimum absolute atomic E-state index is 0.174. The van der Waals surface area contributed by atoms with Crippen LogP contribution in [-0.2, 0) is 0 Å². The summed E-state index contributed by atoms with van der Waals surface area (Å²) in [4.78, 5) is 6.70. The van der Waals surface area contributed by atoms with Gasteiger partial charge in [-0.1, -0.05) is 35.3 Å². The van der Waals surface area contributed by atoms with Crippen LogP contribution in [0.25, 0.3) is 5.69 Å². The number of aromatic nitrogens is 2. The van der Waals surface area contributed by atoms with Crippen molar-refractivity contribution in [2.45, 2.75) is 12.1 Å². The van der Waals surface area contributed by atoms with Crippen molar-refractivity contribution >= 4 is 46.2 Å². The van der Waals surface area contributed by atoms with Crippen molar-refractivity contribution in [1.29, 1.82) is 0 Å². The van der Waals surface area contributed by atoms with Gasteiger partial charge in [0.05, 0.1) is 23.9 Å². The Bertz CT molecular complexity index is 1310. The molecule has 0 spiro atoms.